The maximum absolute atomic E-state index is 15.0. The molecule has 2 saturated heterocycles. The number of ether oxygens (including phenoxy) is 1. The molecule has 312 valence electrons. The number of rotatable bonds is 7. The maximum Gasteiger partial charge on any atom is 0.410 e. The molecule has 2 aliphatic carbocycles. The first-order valence-electron chi connectivity index (χ1n) is 21.0. The average Bonchev–Trinajstić information content (AvgIpc) is 3.56. The lowest BCUT2D eigenvalue weighted by molar-refractivity contribution is -0.126. The highest BCUT2D eigenvalue weighted by Crippen LogP contribution is 2.65. The summed E-state index contributed by atoms with van der Waals surface area (Å²) < 4.78 is 36.4. The maximum atomic E-state index is 15.0. The van der Waals surface area contributed by atoms with E-state index in [2.05, 4.69) is 46.1 Å². The molecule has 3 aliphatic heterocycles. The normalized spacial score (nSPS) is 24.5. The van der Waals surface area contributed by atoms with Gasteiger partial charge in [-0.3, -0.25) is 14.5 Å². The quantitative estimate of drug-likeness (QED) is 0.193. The van der Waals surface area contributed by atoms with Crippen LogP contribution in [-0.4, -0.2) is 99.1 Å². The summed E-state index contributed by atoms with van der Waals surface area (Å²) in [7, 11) is 1.61. The van der Waals surface area contributed by atoms with Gasteiger partial charge >= 0.3 is 6.09 Å². The summed E-state index contributed by atoms with van der Waals surface area (Å²) in [5.74, 6) is -2.13. The summed E-state index contributed by atoms with van der Waals surface area (Å²) in [5, 5.41) is 6.22. The van der Waals surface area contributed by atoms with Crippen LogP contribution in [0.3, 0.4) is 0 Å². The molecule has 5 aliphatic rings. The Morgan fingerprint density at radius 3 is 2.36 bits per heavy atom. The van der Waals surface area contributed by atoms with Crippen molar-refractivity contribution in [1.29, 1.82) is 0 Å². The SMILES string of the molecule is CNC(=O)c1cc(Nc2nc(-c3ccc4c(c3)N(C3CC(N5CCC6(C5)CC6(F)F)C3)C(=O)C43CCN(C(=O)OC(C)(C)C)CC3)cc3ncn(C(C)C)c23)ccc1C. The predicted molar refractivity (Wildman–Crippen MR) is 222 cm³/mol. The van der Waals surface area contributed by atoms with E-state index >= 15 is 0 Å². The monoisotopic (exact) mass is 808 g/mol. The summed E-state index contributed by atoms with van der Waals surface area (Å²) in [4.78, 5) is 56.7. The lowest BCUT2D eigenvalue weighted by Crippen LogP contribution is -2.57. The van der Waals surface area contributed by atoms with Crippen molar-refractivity contribution in [2.75, 3.05) is 43.4 Å². The number of carbonyl (C=O) groups is 3. The number of carbonyl (C=O) groups excluding carboxylic acids is 3. The molecule has 1 atom stereocenters. The number of piperidine rings is 1. The molecule has 12 nitrogen and oxygen atoms in total. The van der Waals surface area contributed by atoms with E-state index in [1.54, 1.807) is 11.9 Å². The zero-order valence-corrected chi connectivity index (χ0v) is 35.0. The molecule has 4 fully saturated rings. The molecule has 4 aromatic rings. The number of hydrogen-bond acceptors (Lipinski definition) is 8. The largest absolute Gasteiger partial charge is 0.444 e. The predicted octanol–water partition coefficient (Wildman–Crippen LogP) is 7.97. The van der Waals surface area contributed by atoms with Crippen molar-refractivity contribution in [3.8, 4) is 11.3 Å². The minimum absolute atomic E-state index is 0.0207. The van der Waals surface area contributed by atoms with Gasteiger partial charge in [0.25, 0.3) is 11.8 Å². The number of fused-ring (bicyclic) bond motifs is 3. The van der Waals surface area contributed by atoms with Crippen molar-refractivity contribution in [2.24, 2.45) is 5.41 Å². The summed E-state index contributed by atoms with van der Waals surface area (Å²) >= 11 is 0. The van der Waals surface area contributed by atoms with Crippen LogP contribution in [0.25, 0.3) is 22.3 Å². The van der Waals surface area contributed by atoms with Gasteiger partial charge in [-0.15, -0.1) is 0 Å². The Balaban J connectivity index is 1.07. The first-order valence-corrected chi connectivity index (χ1v) is 21.0. The van der Waals surface area contributed by atoms with Crippen LogP contribution in [0.1, 0.15) is 101 Å². The number of imidazole rings is 1. The van der Waals surface area contributed by atoms with Crippen LogP contribution in [0, 0.1) is 12.3 Å². The van der Waals surface area contributed by atoms with E-state index in [4.69, 9.17) is 14.7 Å². The Labute approximate surface area is 343 Å². The molecule has 5 heterocycles. The molecule has 9 rings (SSSR count). The number of amides is 3. The molecule has 1 unspecified atom stereocenters. The fraction of sp³-hybridized carbons (Fsp3) is 0.533. The zero-order chi connectivity index (χ0) is 41.8. The molecule has 14 heteroatoms. The van der Waals surface area contributed by atoms with Gasteiger partial charge in [-0.2, -0.15) is 0 Å². The van der Waals surface area contributed by atoms with Crippen molar-refractivity contribution in [3.05, 3.63) is 65.5 Å². The van der Waals surface area contributed by atoms with Crippen LogP contribution in [0.15, 0.2) is 48.8 Å². The Kier molecular flexibility index (Phi) is 9.15. The highest BCUT2D eigenvalue weighted by molar-refractivity contribution is 6.09. The standard InChI is InChI=1S/C45H54F2N8O4/c1-26(2)54-25-49-35-22-34(51-38(37(35)54)50-29-10-8-27(3)32(19-29)39(56)48-7)28-9-11-33-36(18-28)55(31-20-30(21-31)53-15-12-43(24-53)23-45(43,46)47)40(57)44(33)13-16-52(17-14-44)41(58)59-42(4,5)6/h8-11,18-19,22,25-26,30-31H,12-17,20-21,23-24H2,1-7H3,(H,48,56)(H,50,51). The molecule has 2 N–H and O–H groups in total. The number of pyridine rings is 1. The Bertz CT molecular complexity index is 2370. The third-order valence-corrected chi connectivity index (χ3v) is 13.6. The highest BCUT2D eigenvalue weighted by atomic mass is 19.3. The molecular weight excluding hydrogens is 755 g/mol. The van der Waals surface area contributed by atoms with Gasteiger partial charge < -0.3 is 29.7 Å². The molecule has 59 heavy (non-hydrogen) atoms. The lowest BCUT2D eigenvalue weighted by Gasteiger charge is -2.46. The first kappa shape index (κ1) is 39.4. The Morgan fingerprint density at radius 2 is 1.71 bits per heavy atom. The number of benzene rings is 2. The molecule has 2 aromatic carbocycles. The van der Waals surface area contributed by atoms with Gasteiger partial charge in [-0.25, -0.2) is 23.5 Å². The van der Waals surface area contributed by atoms with Crippen LogP contribution in [0.4, 0.5) is 30.8 Å². The number of halogens is 2. The molecule has 0 radical (unpaired) electrons. The van der Waals surface area contributed by atoms with Gasteiger partial charge in [0.1, 0.15) is 11.1 Å². The van der Waals surface area contributed by atoms with E-state index in [1.807, 2.05) is 69.3 Å². The van der Waals surface area contributed by atoms with Crippen molar-refractivity contribution < 1.29 is 27.9 Å². The molecule has 0 bridgehead atoms. The summed E-state index contributed by atoms with van der Waals surface area (Å²) in [6, 6.07) is 13.9. The van der Waals surface area contributed by atoms with E-state index in [1.165, 1.54) is 0 Å². The molecule has 2 saturated carbocycles. The third-order valence-electron chi connectivity index (χ3n) is 13.6. The fourth-order valence-electron chi connectivity index (χ4n) is 10.0. The van der Waals surface area contributed by atoms with E-state index < -0.39 is 22.4 Å². The Hall–Kier alpha value is -5.11. The van der Waals surface area contributed by atoms with Crippen LogP contribution in [0.2, 0.25) is 0 Å². The third kappa shape index (κ3) is 6.52. The minimum atomic E-state index is -2.57. The number of nitrogens with one attached hydrogen (secondary N) is 2. The van der Waals surface area contributed by atoms with Gasteiger partial charge in [0.15, 0.2) is 5.82 Å². The average molecular weight is 809 g/mol. The van der Waals surface area contributed by atoms with Gasteiger partial charge in [0, 0.05) is 73.7 Å². The zero-order valence-electron chi connectivity index (χ0n) is 35.0. The van der Waals surface area contributed by atoms with E-state index in [-0.39, 0.29) is 42.5 Å². The summed E-state index contributed by atoms with van der Waals surface area (Å²) in [6.07, 6.45) is 4.31. The molecule has 2 spiro atoms. The number of aryl methyl sites for hydroxylation is 1. The molecule has 2 aromatic heterocycles. The number of aromatic nitrogens is 3. The number of anilines is 3. The van der Waals surface area contributed by atoms with Crippen LogP contribution in [0.5, 0.6) is 0 Å². The van der Waals surface area contributed by atoms with Gasteiger partial charge in [0.2, 0.25) is 5.91 Å². The van der Waals surface area contributed by atoms with Gasteiger partial charge in [-0.05, 0) is 116 Å². The van der Waals surface area contributed by atoms with Gasteiger partial charge in [-0.1, -0.05) is 18.2 Å². The topological polar surface area (TPSA) is 125 Å². The fourth-order valence-corrected chi connectivity index (χ4v) is 10.0. The highest BCUT2D eigenvalue weighted by Gasteiger charge is 2.73. The number of alkyl halides is 2. The van der Waals surface area contributed by atoms with E-state index in [0.717, 1.165) is 46.3 Å². The van der Waals surface area contributed by atoms with Gasteiger partial charge in [0.05, 0.1) is 28.4 Å². The van der Waals surface area contributed by atoms with Crippen LogP contribution >= 0.6 is 0 Å². The first-order chi connectivity index (χ1) is 27.9. The van der Waals surface area contributed by atoms with Crippen LogP contribution in [-0.2, 0) is 14.9 Å². The number of hydrogen-bond donors (Lipinski definition) is 2. The van der Waals surface area contributed by atoms with Crippen LogP contribution < -0.4 is 15.5 Å². The van der Waals surface area contributed by atoms with E-state index in [0.29, 0.717) is 68.2 Å². The molecular formula is C45H54F2N8O4. The smallest absolute Gasteiger partial charge is 0.410 e. The van der Waals surface area contributed by atoms with E-state index in [9.17, 15) is 23.2 Å². The second-order valence-corrected chi connectivity index (χ2v) is 18.8. The summed E-state index contributed by atoms with van der Waals surface area (Å²) in [5.41, 5.74) is 4.66. The Morgan fingerprint density at radius 1 is 0.983 bits per heavy atom. The number of nitrogens with zero attached hydrogens (tertiary/aromatic N) is 6. The minimum Gasteiger partial charge on any atom is -0.444 e. The second-order valence-electron chi connectivity index (χ2n) is 18.8. The molecule has 3 amide bonds. The van der Waals surface area contributed by atoms with Crippen molar-refractivity contribution in [2.45, 2.75) is 115 Å². The van der Waals surface area contributed by atoms with Crippen molar-refractivity contribution >= 4 is 46.1 Å². The summed E-state index contributed by atoms with van der Waals surface area (Å²) in [6.45, 7) is 13.5. The second kappa shape index (κ2) is 13.7. The van der Waals surface area contributed by atoms with Crippen molar-refractivity contribution in [1.82, 2.24) is 29.7 Å². The lowest BCUT2D eigenvalue weighted by atomic mass is 9.73. The van der Waals surface area contributed by atoms with Crippen molar-refractivity contribution in [3.63, 3.8) is 0 Å². The number of likely N-dealkylation sites (tertiary alicyclic amines) is 2.